The summed E-state index contributed by atoms with van der Waals surface area (Å²) in [7, 11) is 1.88. The first-order chi connectivity index (χ1) is 11.0. The van der Waals surface area contributed by atoms with Gasteiger partial charge in [0.2, 0.25) is 5.96 Å². The van der Waals surface area contributed by atoms with Crippen LogP contribution in [0, 0.1) is 6.92 Å². The maximum absolute atomic E-state index is 5.86. The van der Waals surface area contributed by atoms with Gasteiger partial charge < -0.3 is 5.73 Å². The van der Waals surface area contributed by atoms with Crippen molar-refractivity contribution in [3.8, 4) is 0 Å². The van der Waals surface area contributed by atoms with Gasteiger partial charge in [0, 0.05) is 18.6 Å². The molecule has 0 spiro atoms. The molecule has 2 aromatic carbocycles. The lowest BCUT2D eigenvalue weighted by Gasteiger charge is -2.17. The zero-order valence-corrected chi connectivity index (χ0v) is 14.0. The minimum Gasteiger partial charge on any atom is -0.367 e. The molecule has 23 heavy (non-hydrogen) atoms. The smallest absolute Gasteiger partial charge is 0.228 e. The minimum atomic E-state index is 0.227. The number of halogens is 1. The molecule has 6 heteroatoms. The first-order valence-electron chi connectivity index (χ1n) is 7.18. The number of rotatable bonds is 5. The largest absolute Gasteiger partial charge is 0.367 e. The Morgan fingerprint density at radius 2 is 1.83 bits per heavy atom. The molecule has 5 nitrogen and oxygen atoms in total. The van der Waals surface area contributed by atoms with E-state index in [9.17, 15) is 0 Å². The van der Waals surface area contributed by atoms with Crippen LogP contribution in [0.1, 0.15) is 16.7 Å². The van der Waals surface area contributed by atoms with Gasteiger partial charge >= 0.3 is 0 Å². The lowest BCUT2D eigenvalue weighted by molar-refractivity contribution is 0.282. The van der Waals surface area contributed by atoms with Gasteiger partial charge in [-0.3, -0.25) is 5.43 Å². The van der Waals surface area contributed by atoms with Crippen molar-refractivity contribution in [3.05, 3.63) is 70.2 Å². The van der Waals surface area contributed by atoms with Gasteiger partial charge in [-0.1, -0.05) is 53.6 Å². The molecule has 0 unspecified atom stereocenters. The summed E-state index contributed by atoms with van der Waals surface area (Å²) in [5.41, 5.74) is 12.0. The third-order valence-corrected chi connectivity index (χ3v) is 3.34. The molecular weight excluding hydrogens is 310 g/mol. The Labute approximate surface area is 141 Å². The predicted octanol–water partition coefficient (Wildman–Crippen LogP) is 2.93. The molecule has 2 aromatic rings. The van der Waals surface area contributed by atoms with E-state index in [1.54, 1.807) is 6.21 Å². The predicted molar refractivity (Wildman–Crippen MR) is 96.5 cm³/mol. The molecule has 0 aliphatic carbocycles. The van der Waals surface area contributed by atoms with Gasteiger partial charge in [-0.2, -0.15) is 5.10 Å². The Balaban J connectivity index is 1.86. The lowest BCUT2D eigenvalue weighted by Crippen LogP contribution is -2.43. The van der Waals surface area contributed by atoms with E-state index in [4.69, 9.17) is 17.3 Å². The van der Waals surface area contributed by atoms with E-state index in [1.165, 1.54) is 5.56 Å². The van der Waals surface area contributed by atoms with Gasteiger partial charge in [0.05, 0.1) is 6.21 Å². The fourth-order valence-corrected chi connectivity index (χ4v) is 2.06. The molecule has 0 aromatic heterocycles. The summed E-state index contributed by atoms with van der Waals surface area (Å²) in [5, 5.41) is 10.4. The Bertz CT molecular complexity index is 677. The van der Waals surface area contributed by atoms with Crippen LogP contribution < -0.4 is 11.2 Å². The van der Waals surface area contributed by atoms with Crippen molar-refractivity contribution in [1.82, 2.24) is 10.4 Å². The summed E-state index contributed by atoms with van der Waals surface area (Å²) in [4.78, 5) is 0. The van der Waals surface area contributed by atoms with Crippen LogP contribution in [0.25, 0.3) is 0 Å². The molecule has 0 aliphatic heterocycles. The molecular formula is C17H20ClN5. The minimum absolute atomic E-state index is 0.227. The SMILES string of the molecule is Cc1ccc(/C=N/N=C(N)NN(C)Cc2ccc(Cl)cc2)cc1. The molecule has 0 heterocycles. The Morgan fingerprint density at radius 1 is 1.17 bits per heavy atom. The summed E-state index contributed by atoms with van der Waals surface area (Å²) >= 11 is 5.86. The van der Waals surface area contributed by atoms with E-state index in [2.05, 4.69) is 15.6 Å². The van der Waals surface area contributed by atoms with E-state index in [0.717, 1.165) is 16.1 Å². The topological polar surface area (TPSA) is 66.0 Å². The van der Waals surface area contributed by atoms with Gasteiger partial charge in [-0.05, 0) is 30.2 Å². The number of nitrogens with zero attached hydrogens (tertiary/aromatic N) is 3. The number of nitrogens with one attached hydrogen (secondary N) is 1. The first kappa shape index (κ1) is 17.0. The zero-order valence-electron chi connectivity index (χ0n) is 13.2. The number of benzene rings is 2. The van der Waals surface area contributed by atoms with Gasteiger partial charge in [-0.25, -0.2) is 5.01 Å². The fraction of sp³-hybridized carbons (Fsp3) is 0.176. The molecule has 120 valence electrons. The lowest BCUT2D eigenvalue weighted by atomic mass is 10.2. The Morgan fingerprint density at radius 3 is 2.48 bits per heavy atom. The summed E-state index contributed by atoms with van der Waals surface area (Å²) in [6, 6.07) is 15.6. The maximum atomic E-state index is 5.86. The van der Waals surface area contributed by atoms with Crippen LogP contribution in [-0.4, -0.2) is 24.2 Å². The standard InChI is InChI=1S/C17H20ClN5/c1-13-3-5-14(6-4-13)11-20-21-17(19)22-23(2)12-15-7-9-16(18)10-8-15/h3-11H,12H2,1-2H3,(H3,19,21,22)/b20-11+. The molecule has 0 amide bonds. The van der Waals surface area contributed by atoms with E-state index in [-0.39, 0.29) is 5.96 Å². The summed E-state index contributed by atoms with van der Waals surface area (Å²) in [5.74, 6) is 0.227. The number of nitrogens with two attached hydrogens (primary N) is 1. The van der Waals surface area contributed by atoms with Crippen molar-refractivity contribution in [1.29, 1.82) is 0 Å². The number of guanidine groups is 1. The van der Waals surface area contributed by atoms with E-state index >= 15 is 0 Å². The molecule has 0 fully saturated rings. The van der Waals surface area contributed by atoms with Gasteiger partial charge in [0.15, 0.2) is 0 Å². The average molecular weight is 330 g/mol. The second-order valence-corrected chi connectivity index (χ2v) is 5.67. The van der Waals surface area contributed by atoms with Gasteiger partial charge in [0.25, 0.3) is 0 Å². The third kappa shape index (κ3) is 6.10. The van der Waals surface area contributed by atoms with Gasteiger partial charge in [0.1, 0.15) is 0 Å². The van der Waals surface area contributed by atoms with Crippen molar-refractivity contribution in [2.24, 2.45) is 15.9 Å². The normalized spacial score (nSPS) is 12.1. The van der Waals surface area contributed by atoms with Crippen LogP contribution in [0.3, 0.4) is 0 Å². The second-order valence-electron chi connectivity index (χ2n) is 5.23. The second kappa shape index (κ2) is 8.31. The highest BCUT2D eigenvalue weighted by molar-refractivity contribution is 6.30. The molecule has 0 atom stereocenters. The van der Waals surface area contributed by atoms with Crippen LogP contribution in [0.5, 0.6) is 0 Å². The highest BCUT2D eigenvalue weighted by Crippen LogP contribution is 2.10. The van der Waals surface area contributed by atoms with Crippen molar-refractivity contribution < 1.29 is 0 Å². The van der Waals surface area contributed by atoms with Crippen molar-refractivity contribution in [2.45, 2.75) is 13.5 Å². The van der Waals surface area contributed by atoms with Crippen molar-refractivity contribution in [2.75, 3.05) is 7.05 Å². The summed E-state index contributed by atoms with van der Waals surface area (Å²) in [6.07, 6.45) is 1.66. The Kier molecular flexibility index (Phi) is 6.14. The molecule has 0 bridgehead atoms. The van der Waals surface area contributed by atoms with Gasteiger partial charge in [-0.15, -0.1) is 5.10 Å². The molecule has 0 radical (unpaired) electrons. The molecule has 3 N–H and O–H groups in total. The summed E-state index contributed by atoms with van der Waals surface area (Å²) in [6.45, 7) is 2.70. The van der Waals surface area contributed by atoms with Crippen LogP contribution in [0.2, 0.25) is 5.02 Å². The highest BCUT2D eigenvalue weighted by atomic mass is 35.5. The van der Waals surface area contributed by atoms with Crippen LogP contribution in [0.15, 0.2) is 58.7 Å². The number of hydrazine groups is 1. The quantitative estimate of drug-likeness (QED) is 0.503. The average Bonchev–Trinajstić information content (AvgIpc) is 2.51. The van der Waals surface area contributed by atoms with Crippen LogP contribution in [0.4, 0.5) is 0 Å². The third-order valence-electron chi connectivity index (χ3n) is 3.09. The van der Waals surface area contributed by atoms with E-state index < -0.39 is 0 Å². The fourth-order valence-electron chi connectivity index (χ4n) is 1.93. The first-order valence-corrected chi connectivity index (χ1v) is 7.56. The van der Waals surface area contributed by atoms with E-state index in [1.807, 2.05) is 67.5 Å². The molecule has 0 saturated carbocycles. The van der Waals surface area contributed by atoms with Crippen molar-refractivity contribution >= 4 is 23.8 Å². The molecule has 0 aliphatic rings. The molecule has 2 rings (SSSR count). The number of aryl methyl sites for hydroxylation is 1. The number of hydrogen-bond donors (Lipinski definition) is 2. The van der Waals surface area contributed by atoms with Crippen molar-refractivity contribution in [3.63, 3.8) is 0 Å². The van der Waals surface area contributed by atoms with Crippen LogP contribution >= 0.6 is 11.6 Å². The summed E-state index contributed by atoms with van der Waals surface area (Å²) < 4.78 is 0. The zero-order chi connectivity index (χ0) is 16.7. The molecule has 0 saturated heterocycles. The van der Waals surface area contributed by atoms with E-state index in [0.29, 0.717) is 6.54 Å². The highest BCUT2D eigenvalue weighted by Gasteiger charge is 2.01. The Hall–Kier alpha value is -2.37. The van der Waals surface area contributed by atoms with Crippen LogP contribution in [-0.2, 0) is 6.54 Å². The monoisotopic (exact) mass is 329 g/mol. The maximum Gasteiger partial charge on any atom is 0.228 e. The number of hydrogen-bond acceptors (Lipinski definition) is 3.